The Bertz CT molecular complexity index is 4180. The van der Waals surface area contributed by atoms with Gasteiger partial charge in [-0.25, -0.2) is 0 Å². The molecule has 3 heterocycles. The van der Waals surface area contributed by atoms with Crippen molar-refractivity contribution in [2.45, 2.75) is 98.8 Å². The van der Waals surface area contributed by atoms with Gasteiger partial charge in [-0.2, -0.15) is 0 Å². The largest absolute Gasteiger partial charge is 0.501 e. The van der Waals surface area contributed by atoms with Crippen LogP contribution in [0.25, 0.3) is 105 Å². The van der Waals surface area contributed by atoms with Crippen LogP contribution in [-0.4, -0.2) is 14.5 Å². The molecule has 3 aromatic heterocycles. The molecular weight excluding hydrogens is 1100 g/mol. The van der Waals surface area contributed by atoms with Crippen LogP contribution in [0.15, 0.2) is 187 Å². The summed E-state index contributed by atoms with van der Waals surface area (Å²) in [6.45, 7) is 20.3. The van der Waals surface area contributed by atoms with Gasteiger partial charge in [0.25, 0.3) is 0 Å². The molecule has 381 valence electrons. The van der Waals surface area contributed by atoms with E-state index in [-0.39, 0.29) is 42.8 Å². The SMILES string of the molecule is CC(C)c1cc(-c2ccc(C(C)(C)C)cc2)cc(C(C)C)c1-n1c(-c2[c-]ccc3c2oc2cc4c(ccc5ccccc54)cc23)nc2ccccc21.[2H]C([2H])([2H])c1c[c-]c(-c2cc(C(C)(C)C)ccn2)cc1-c1ccccc1.[Ir]. The van der Waals surface area contributed by atoms with Gasteiger partial charge >= 0.3 is 0 Å². The van der Waals surface area contributed by atoms with Crippen LogP contribution in [0.3, 0.4) is 0 Å². The Kier molecular flexibility index (Phi) is 13.1. The Morgan fingerprint density at radius 2 is 1.26 bits per heavy atom. The zero-order valence-corrected chi connectivity index (χ0v) is 47.5. The summed E-state index contributed by atoms with van der Waals surface area (Å²) in [6.07, 6.45) is 1.80. The molecule has 0 saturated carbocycles. The summed E-state index contributed by atoms with van der Waals surface area (Å²) in [6, 6.07) is 67.9. The van der Waals surface area contributed by atoms with E-state index in [1.54, 1.807) is 12.3 Å². The molecule has 0 N–H and O–H groups in total. The third-order valence-electron chi connectivity index (χ3n) is 14.7. The second-order valence-electron chi connectivity index (χ2n) is 22.7. The maximum atomic E-state index is 7.85. The zero-order chi connectivity index (χ0) is 54.8. The predicted octanol–water partition coefficient (Wildman–Crippen LogP) is 19.7. The smallest absolute Gasteiger partial charge is 0.121 e. The van der Waals surface area contributed by atoms with Crippen molar-refractivity contribution < 1.29 is 28.6 Å². The number of pyridine rings is 1. The van der Waals surface area contributed by atoms with Gasteiger partial charge in [0.05, 0.1) is 22.4 Å². The molecule has 0 unspecified atom stereocenters. The van der Waals surface area contributed by atoms with E-state index in [9.17, 15) is 0 Å². The third-order valence-corrected chi connectivity index (χ3v) is 14.7. The van der Waals surface area contributed by atoms with Crippen molar-refractivity contribution >= 4 is 54.5 Å². The number of imidazole rings is 1. The summed E-state index contributed by atoms with van der Waals surface area (Å²) < 4.78 is 32.8. The first kappa shape index (κ1) is 48.2. The number of furan rings is 1. The Morgan fingerprint density at radius 3 is 1.97 bits per heavy atom. The standard InChI is InChI=1S/C49H43N2O.C22H22N.Ir/c1-29(2)39-26-34(31-21-23-35(24-22-31)49(5,6)7)27-40(30(3)4)46(39)51-44-18-11-10-17-43(44)50-48(51)38-16-12-15-37-42-25-33-20-19-32-13-8-9-14-36(32)41(33)28-45(42)52-47(37)38;1-16-10-11-18(14-20(16)17-8-6-5-7-9-17)21-15-19(12-13-23-21)22(2,3)4;/h8-15,17-30H,1-7H3;5-10,12-15H,1-4H3;/q2*-1;/i;1D3;. The van der Waals surface area contributed by atoms with Crippen molar-refractivity contribution in [3.8, 4) is 50.6 Å². The molecule has 4 nitrogen and oxygen atoms in total. The van der Waals surface area contributed by atoms with Crippen LogP contribution in [0.5, 0.6) is 0 Å². The number of rotatable bonds is 7. The van der Waals surface area contributed by atoms with Gasteiger partial charge in [-0.05, 0) is 131 Å². The van der Waals surface area contributed by atoms with E-state index in [0.29, 0.717) is 11.1 Å². The van der Waals surface area contributed by atoms with Crippen molar-refractivity contribution in [2.24, 2.45) is 0 Å². The molecule has 0 aliphatic heterocycles. The molecular formula is C71H65IrN3O-2. The van der Waals surface area contributed by atoms with E-state index < -0.39 is 6.85 Å². The Hall–Kier alpha value is -7.43. The average molecular weight is 1170 g/mol. The van der Waals surface area contributed by atoms with E-state index in [4.69, 9.17) is 13.5 Å². The molecule has 1 radical (unpaired) electrons. The number of para-hydroxylation sites is 2. The van der Waals surface area contributed by atoms with Gasteiger partial charge in [0.2, 0.25) is 0 Å². The fraction of sp³-hybridized carbons (Fsp3) is 0.211. The molecule has 9 aromatic carbocycles. The second-order valence-corrected chi connectivity index (χ2v) is 22.7. The number of aryl methyl sites for hydroxylation is 1. The quantitative estimate of drug-likeness (QED) is 0.118. The molecule has 0 atom stereocenters. The Labute approximate surface area is 466 Å². The normalized spacial score (nSPS) is 12.8. The van der Waals surface area contributed by atoms with Crippen LogP contribution in [0.2, 0.25) is 0 Å². The number of fused-ring (bicyclic) bond motifs is 7. The molecule has 76 heavy (non-hydrogen) atoms. The van der Waals surface area contributed by atoms with Gasteiger partial charge in [0.1, 0.15) is 5.58 Å². The summed E-state index contributed by atoms with van der Waals surface area (Å²) in [7, 11) is 0. The van der Waals surface area contributed by atoms with E-state index in [1.165, 1.54) is 60.6 Å². The predicted molar refractivity (Wildman–Crippen MR) is 317 cm³/mol. The van der Waals surface area contributed by atoms with Crippen LogP contribution < -0.4 is 0 Å². The maximum Gasteiger partial charge on any atom is 0.121 e. The Balaban J connectivity index is 0.000000220. The van der Waals surface area contributed by atoms with Crippen LogP contribution in [0.4, 0.5) is 0 Å². The molecule has 5 heteroatoms. The maximum absolute atomic E-state index is 7.85. The van der Waals surface area contributed by atoms with Gasteiger partial charge in [0, 0.05) is 41.5 Å². The van der Waals surface area contributed by atoms with E-state index in [1.807, 2.05) is 48.5 Å². The van der Waals surface area contributed by atoms with Crippen LogP contribution >= 0.6 is 0 Å². The first-order chi connectivity index (χ1) is 37.2. The molecule has 0 aliphatic rings. The number of nitrogens with zero attached hydrogens (tertiary/aromatic N) is 3. The summed E-state index contributed by atoms with van der Waals surface area (Å²) >= 11 is 0. The van der Waals surface area contributed by atoms with Crippen LogP contribution in [0.1, 0.15) is 113 Å². The minimum Gasteiger partial charge on any atom is -0.501 e. The number of hydrogen-bond acceptors (Lipinski definition) is 3. The molecule has 0 saturated heterocycles. The monoisotopic (exact) mass is 1170 g/mol. The van der Waals surface area contributed by atoms with E-state index in [0.717, 1.165) is 61.2 Å². The van der Waals surface area contributed by atoms with Crippen molar-refractivity contribution in [2.75, 3.05) is 0 Å². The minimum absolute atomic E-state index is 0. The van der Waals surface area contributed by atoms with Gasteiger partial charge in [-0.15, -0.1) is 47.5 Å². The summed E-state index contributed by atoms with van der Waals surface area (Å²) in [5, 5.41) is 7.02. The molecule has 0 spiro atoms. The molecule has 0 bridgehead atoms. The zero-order valence-electron chi connectivity index (χ0n) is 48.1. The summed E-state index contributed by atoms with van der Waals surface area (Å²) in [5.41, 5.74) is 16.9. The molecule has 0 amide bonds. The first-order valence-electron chi connectivity index (χ1n) is 27.8. The van der Waals surface area contributed by atoms with E-state index >= 15 is 0 Å². The molecule has 12 aromatic rings. The van der Waals surface area contributed by atoms with Crippen molar-refractivity contribution in [3.05, 3.63) is 222 Å². The molecule has 0 aliphatic carbocycles. The molecule has 0 fully saturated rings. The number of hydrogen-bond donors (Lipinski definition) is 0. The topological polar surface area (TPSA) is 43.9 Å². The van der Waals surface area contributed by atoms with Gasteiger partial charge < -0.3 is 14.0 Å². The van der Waals surface area contributed by atoms with E-state index in [2.05, 4.69) is 212 Å². The van der Waals surface area contributed by atoms with Crippen molar-refractivity contribution in [1.29, 1.82) is 0 Å². The summed E-state index contributed by atoms with van der Waals surface area (Å²) in [4.78, 5) is 9.84. The number of benzene rings is 9. The third kappa shape index (κ3) is 9.84. The van der Waals surface area contributed by atoms with Gasteiger partial charge in [0.15, 0.2) is 0 Å². The minimum atomic E-state index is -2.19. The average Bonchev–Trinajstić information content (AvgIpc) is 3.91. The Morgan fingerprint density at radius 1 is 0.579 bits per heavy atom. The fourth-order valence-corrected chi connectivity index (χ4v) is 10.5. The van der Waals surface area contributed by atoms with Gasteiger partial charge in [-0.3, -0.25) is 4.98 Å². The first-order valence-corrected chi connectivity index (χ1v) is 26.3. The number of aromatic nitrogens is 3. The van der Waals surface area contributed by atoms with Crippen LogP contribution in [-0.2, 0) is 30.9 Å². The van der Waals surface area contributed by atoms with Gasteiger partial charge in [-0.1, -0.05) is 202 Å². The second kappa shape index (κ2) is 20.6. The molecule has 12 rings (SSSR count). The fourth-order valence-electron chi connectivity index (χ4n) is 10.5. The summed E-state index contributed by atoms with van der Waals surface area (Å²) in [5.74, 6) is 1.37. The van der Waals surface area contributed by atoms with Crippen LogP contribution in [0, 0.1) is 19.0 Å². The van der Waals surface area contributed by atoms with Crippen molar-refractivity contribution in [1.82, 2.24) is 14.5 Å². The van der Waals surface area contributed by atoms with Crippen molar-refractivity contribution in [3.63, 3.8) is 0 Å².